The highest BCUT2D eigenvalue weighted by atomic mass is 15.6. The maximum Gasteiger partial charge on any atom is 0.200 e. The predicted octanol–water partition coefficient (Wildman–Crippen LogP) is 0.462. The molecule has 2 heterocycles. The molecule has 1 saturated carbocycles. The quantitative estimate of drug-likeness (QED) is 0.820. The van der Waals surface area contributed by atoms with Crippen LogP contribution in [0.3, 0.4) is 0 Å². The Bertz CT molecular complexity index is 515. The number of tetrazole rings is 1. The third-order valence-electron chi connectivity index (χ3n) is 3.56. The van der Waals surface area contributed by atoms with Crippen molar-refractivity contribution in [2.45, 2.75) is 37.8 Å². The first-order valence-electron chi connectivity index (χ1n) is 6.34. The minimum absolute atomic E-state index is 0.496. The van der Waals surface area contributed by atoms with Crippen LogP contribution in [0.2, 0.25) is 0 Å². The van der Waals surface area contributed by atoms with Crippen LogP contribution in [0.5, 0.6) is 0 Å². The van der Waals surface area contributed by atoms with Crippen molar-refractivity contribution in [3.63, 3.8) is 0 Å². The predicted molar refractivity (Wildman–Crippen MR) is 67.3 cm³/mol. The lowest BCUT2D eigenvalue weighted by Crippen LogP contribution is -2.35. The Morgan fingerprint density at radius 2 is 1.94 bits per heavy atom. The minimum atomic E-state index is 0.496. The molecule has 7 heteroatoms. The molecule has 2 N–H and O–H groups in total. The molecule has 96 valence electrons. The molecule has 0 unspecified atom stereocenters. The third kappa shape index (κ3) is 2.26. The zero-order valence-electron chi connectivity index (χ0n) is 10.4. The van der Waals surface area contributed by atoms with E-state index in [4.69, 9.17) is 0 Å². The fourth-order valence-corrected chi connectivity index (χ4v) is 2.46. The van der Waals surface area contributed by atoms with Crippen molar-refractivity contribution in [1.82, 2.24) is 30.6 Å². The van der Waals surface area contributed by atoms with Crippen LogP contribution < -0.4 is 10.6 Å². The molecule has 0 radical (unpaired) electrons. The molecule has 0 spiro atoms. The molecular weight excluding hydrogens is 230 g/mol. The Hall–Kier alpha value is -1.76. The van der Waals surface area contributed by atoms with E-state index in [1.165, 1.54) is 30.3 Å². The van der Waals surface area contributed by atoms with Crippen molar-refractivity contribution in [2.24, 2.45) is 0 Å². The summed E-state index contributed by atoms with van der Waals surface area (Å²) in [4.78, 5) is 0. The van der Waals surface area contributed by atoms with E-state index in [0.717, 1.165) is 5.82 Å². The molecule has 3 rings (SSSR count). The number of rotatable bonds is 3. The van der Waals surface area contributed by atoms with Crippen LogP contribution in [-0.4, -0.2) is 44.4 Å². The molecule has 1 aliphatic carbocycles. The van der Waals surface area contributed by atoms with E-state index in [1.54, 1.807) is 0 Å². The first-order chi connectivity index (χ1) is 8.85. The summed E-state index contributed by atoms with van der Waals surface area (Å²) in [5.74, 6) is 0.836. The van der Waals surface area contributed by atoms with Gasteiger partial charge in [0.05, 0.1) is 0 Å². The van der Waals surface area contributed by atoms with E-state index in [2.05, 4.69) is 31.3 Å². The molecule has 0 bridgehead atoms. The monoisotopic (exact) mass is 247 g/mol. The maximum atomic E-state index is 4.32. The third-order valence-corrected chi connectivity index (χ3v) is 3.56. The fraction of sp³-hybridized carbons (Fsp3) is 0.636. The van der Waals surface area contributed by atoms with Gasteiger partial charge in [-0.2, -0.15) is 0 Å². The second-order valence-corrected chi connectivity index (χ2v) is 4.73. The van der Waals surface area contributed by atoms with Crippen LogP contribution >= 0.6 is 0 Å². The van der Waals surface area contributed by atoms with Crippen molar-refractivity contribution < 1.29 is 0 Å². The van der Waals surface area contributed by atoms with Gasteiger partial charge in [0.1, 0.15) is 5.82 Å². The average molecular weight is 247 g/mol. The highest BCUT2D eigenvalue weighted by molar-refractivity contribution is 5.42. The summed E-state index contributed by atoms with van der Waals surface area (Å²) >= 11 is 0. The summed E-state index contributed by atoms with van der Waals surface area (Å²) in [5, 5.41) is 22.3. The average Bonchev–Trinajstić information content (AvgIpc) is 2.87. The Kier molecular flexibility index (Phi) is 3.06. The minimum Gasteiger partial charge on any atom is -0.366 e. The zero-order chi connectivity index (χ0) is 12.4. The van der Waals surface area contributed by atoms with E-state index in [9.17, 15) is 0 Å². The molecule has 2 aromatic rings. The van der Waals surface area contributed by atoms with E-state index >= 15 is 0 Å². The zero-order valence-corrected chi connectivity index (χ0v) is 10.4. The van der Waals surface area contributed by atoms with Crippen molar-refractivity contribution in [2.75, 3.05) is 12.4 Å². The van der Waals surface area contributed by atoms with Crippen LogP contribution in [0.25, 0.3) is 5.65 Å². The van der Waals surface area contributed by atoms with Gasteiger partial charge in [0.15, 0.2) is 5.65 Å². The van der Waals surface area contributed by atoms with Crippen LogP contribution in [0.15, 0.2) is 12.1 Å². The topological polar surface area (TPSA) is 80.0 Å². The van der Waals surface area contributed by atoms with Gasteiger partial charge in [-0.3, -0.25) is 0 Å². The normalized spacial score (nSPS) is 24.3. The summed E-state index contributed by atoms with van der Waals surface area (Å²) in [6.45, 7) is 0. The highest BCUT2D eigenvalue weighted by Crippen LogP contribution is 2.21. The van der Waals surface area contributed by atoms with Gasteiger partial charge in [-0.05, 0) is 55.3 Å². The number of hydrogen-bond acceptors (Lipinski definition) is 6. The molecule has 0 saturated heterocycles. The SMILES string of the molecule is CNC1CCC(Nc2ccc3nnnn3n2)CC1. The van der Waals surface area contributed by atoms with Gasteiger partial charge in [0.25, 0.3) is 0 Å². The number of nitrogens with one attached hydrogen (secondary N) is 2. The Balaban J connectivity index is 1.65. The molecule has 18 heavy (non-hydrogen) atoms. The fourth-order valence-electron chi connectivity index (χ4n) is 2.46. The van der Waals surface area contributed by atoms with E-state index in [0.29, 0.717) is 17.7 Å². The first kappa shape index (κ1) is 11.3. The number of nitrogens with zero attached hydrogens (tertiary/aromatic N) is 5. The van der Waals surface area contributed by atoms with E-state index < -0.39 is 0 Å². The largest absolute Gasteiger partial charge is 0.366 e. The van der Waals surface area contributed by atoms with Gasteiger partial charge in [-0.1, -0.05) is 0 Å². The van der Waals surface area contributed by atoms with E-state index in [-0.39, 0.29) is 0 Å². The molecule has 2 aromatic heterocycles. The lowest BCUT2D eigenvalue weighted by molar-refractivity contribution is 0.371. The highest BCUT2D eigenvalue weighted by Gasteiger charge is 2.20. The molecule has 0 aliphatic heterocycles. The molecular formula is C11H17N7. The van der Waals surface area contributed by atoms with E-state index in [1.807, 2.05) is 19.2 Å². The summed E-state index contributed by atoms with van der Waals surface area (Å²) in [6.07, 6.45) is 4.75. The van der Waals surface area contributed by atoms with Crippen molar-refractivity contribution in [3.05, 3.63) is 12.1 Å². The second-order valence-electron chi connectivity index (χ2n) is 4.73. The molecule has 0 aromatic carbocycles. The molecule has 1 aliphatic rings. The maximum absolute atomic E-state index is 4.32. The standard InChI is InChI=1S/C11H17N7/c1-12-8-2-4-9(5-3-8)13-10-6-7-11-14-16-17-18(11)15-10/h6-9,12H,2-5H2,1H3,(H,13,15). The van der Waals surface area contributed by atoms with Gasteiger partial charge in [0, 0.05) is 12.1 Å². The lowest BCUT2D eigenvalue weighted by atomic mass is 9.91. The summed E-state index contributed by atoms with van der Waals surface area (Å²) < 4.78 is 1.45. The number of hydrogen-bond donors (Lipinski definition) is 2. The summed E-state index contributed by atoms with van der Waals surface area (Å²) in [6, 6.07) is 4.96. The second kappa shape index (κ2) is 4.85. The smallest absolute Gasteiger partial charge is 0.200 e. The van der Waals surface area contributed by atoms with Crippen LogP contribution in [-0.2, 0) is 0 Å². The van der Waals surface area contributed by atoms with Gasteiger partial charge in [-0.15, -0.1) is 14.8 Å². The lowest BCUT2D eigenvalue weighted by Gasteiger charge is -2.28. The van der Waals surface area contributed by atoms with Gasteiger partial charge >= 0.3 is 0 Å². The summed E-state index contributed by atoms with van der Waals surface area (Å²) in [7, 11) is 2.03. The van der Waals surface area contributed by atoms with Gasteiger partial charge in [-0.25, -0.2) is 0 Å². The molecule has 7 nitrogen and oxygen atoms in total. The van der Waals surface area contributed by atoms with Crippen molar-refractivity contribution >= 4 is 11.5 Å². The molecule has 0 atom stereocenters. The first-order valence-corrected chi connectivity index (χ1v) is 6.34. The molecule has 0 amide bonds. The van der Waals surface area contributed by atoms with Crippen LogP contribution in [0.4, 0.5) is 5.82 Å². The Morgan fingerprint density at radius 1 is 1.17 bits per heavy atom. The van der Waals surface area contributed by atoms with Gasteiger partial charge < -0.3 is 10.6 Å². The number of anilines is 1. The van der Waals surface area contributed by atoms with Crippen molar-refractivity contribution in [1.29, 1.82) is 0 Å². The summed E-state index contributed by atoms with van der Waals surface area (Å²) in [5.41, 5.74) is 0.666. The number of aromatic nitrogens is 5. The Labute approximate surface area is 105 Å². The van der Waals surface area contributed by atoms with Crippen LogP contribution in [0, 0.1) is 0 Å². The Morgan fingerprint density at radius 3 is 2.72 bits per heavy atom. The molecule has 1 fully saturated rings. The van der Waals surface area contributed by atoms with Crippen molar-refractivity contribution in [3.8, 4) is 0 Å². The van der Waals surface area contributed by atoms with Gasteiger partial charge in [0.2, 0.25) is 0 Å². The number of fused-ring (bicyclic) bond motifs is 1. The van der Waals surface area contributed by atoms with Crippen LogP contribution in [0.1, 0.15) is 25.7 Å².